The van der Waals surface area contributed by atoms with E-state index in [0.29, 0.717) is 11.3 Å². The maximum atomic E-state index is 12.3. The molecule has 0 spiro atoms. The van der Waals surface area contributed by atoms with Gasteiger partial charge >= 0.3 is 11.9 Å². The highest BCUT2D eigenvalue weighted by Crippen LogP contribution is 2.49. The second-order valence-electron chi connectivity index (χ2n) is 7.25. The number of carbonyl (C=O) groups is 2. The monoisotopic (exact) mass is 375 g/mol. The SMILES string of the molecule is C=C1C(=O)O[C@H]2c3c(C)c(OC(=O)/C=C/c4cccnc4)cc(C)c3CC[C@@H]12. The van der Waals surface area contributed by atoms with Crippen LogP contribution in [-0.4, -0.2) is 16.9 Å². The lowest BCUT2D eigenvalue weighted by atomic mass is 9.76. The van der Waals surface area contributed by atoms with Crippen LogP contribution < -0.4 is 4.74 Å². The third kappa shape index (κ3) is 3.13. The van der Waals surface area contributed by atoms with E-state index in [9.17, 15) is 9.59 Å². The van der Waals surface area contributed by atoms with Crippen LogP contribution in [0, 0.1) is 19.8 Å². The van der Waals surface area contributed by atoms with Crippen molar-refractivity contribution < 1.29 is 19.1 Å². The highest BCUT2D eigenvalue weighted by Gasteiger charge is 2.44. The molecule has 2 aliphatic rings. The molecule has 1 aromatic heterocycles. The molecule has 1 aliphatic heterocycles. The minimum absolute atomic E-state index is 0.00507. The van der Waals surface area contributed by atoms with Crippen LogP contribution >= 0.6 is 0 Å². The molecule has 28 heavy (non-hydrogen) atoms. The molecule has 5 heteroatoms. The number of benzene rings is 1. The minimum Gasteiger partial charge on any atom is -0.453 e. The third-order valence-electron chi connectivity index (χ3n) is 5.53. The van der Waals surface area contributed by atoms with Gasteiger partial charge in [0.2, 0.25) is 0 Å². The number of aromatic nitrogens is 1. The number of hydrogen-bond donors (Lipinski definition) is 0. The van der Waals surface area contributed by atoms with Crippen LogP contribution in [0.2, 0.25) is 0 Å². The fourth-order valence-electron chi connectivity index (χ4n) is 4.06. The zero-order valence-corrected chi connectivity index (χ0v) is 15.9. The Hall–Kier alpha value is -3.21. The molecule has 2 heterocycles. The highest BCUT2D eigenvalue weighted by molar-refractivity contribution is 5.91. The molecule has 0 bridgehead atoms. The second kappa shape index (κ2) is 7.08. The quantitative estimate of drug-likeness (QED) is 0.460. The number of hydrogen-bond acceptors (Lipinski definition) is 5. The number of nitrogens with zero attached hydrogens (tertiary/aromatic N) is 1. The molecule has 0 N–H and O–H groups in total. The van der Waals surface area contributed by atoms with Gasteiger partial charge in [-0.2, -0.15) is 0 Å². The Bertz CT molecular complexity index is 1010. The highest BCUT2D eigenvalue weighted by atomic mass is 16.6. The van der Waals surface area contributed by atoms with E-state index >= 15 is 0 Å². The maximum absolute atomic E-state index is 12.3. The molecule has 142 valence electrons. The average molecular weight is 375 g/mol. The summed E-state index contributed by atoms with van der Waals surface area (Å²) in [5, 5.41) is 0. The van der Waals surface area contributed by atoms with Crippen molar-refractivity contribution in [1.29, 1.82) is 0 Å². The van der Waals surface area contributed by atoms with E-state index in [1.54, 1.807) is 24.5 Å². The van der Waals surface area contributed by atoms with E-state index in [4.69, 9.17) is 9.47 Å². The van der Waals surface area contributed by atoms with Crippen molar-refractivity contribution in [2.45, 2.75) is 32.8 Å². The normalized spacial score (nSPS) is 20.6. The summed E-state index contributed by atoms with van der Waals surface area (Å²) in [7, 11) is 0. The first kappa shape index (κ1) is 18.2. The lowest BCUT2D eigenvalue weighted by molar-refractivity contribution is -0.139. The molecule has 2 atom stereocenters. The fraction of sp³-hybridized carbons (Fsp3) is 0.261. The first-order valence-electron chi connectivity index (χ1n) is 9.28. The van der Waals surface area contributed by atoms with Gasteiger partial charge in [0.05, 0.1) is 0 Å². The molecule has 5 nitrogen and oxygen atoms in total. The Morgan fingerprint density at radius 3 is 2.96 bits per heavy atom. The van der Waals surface area contributed by atoms with Gasteiger partial charge < -0.3 is 9.47 Å². The van der Waals surface area contributed by atoms with Gasteiger partial charge in [-0.05, 0) is 67.2 Å². The second-order valence-corrected chi connectivity index (χ2v) is 7.25. The van der Waals surface area contributed by atoms with Crippen molar-refractivity contribution in [3.05, 3.63) is 76.6 Å². The number of carbonyl (C=O) groups excluding carboxylic acids is 2. The summed E-state index contributed by atoms with van der Waals surface area (Å²) in [6.07, 6.45) is 7.74. The lowest BCUT2D eigenvalue weighted by Gasteiger charge is -2.30. The fourth-order valence-corrected chi connectivity index (χ4v) is 4.06. The standard InChI is InChI=1S/C23H21NO4/c1-13-11-19(27-20(25)9-6-16-5-4-10-24-12-16)15(3)21-17(13)7-8-18-14(2)23(26)28-22(18)21/h4-6,9-12,18,22H,2,7-8H2,1,3H3/b9-6+/t18-,22+/m0/s1. The van der Waals surface area contributed by atoms with Crippen molar-refractivity contribution in [3.8, 4) is 5.75 Å². The van der Waals surface area contributed by atoms with Crippen LogP contribution in [0.15, 0.2) is 48.8 Å². The van der Waals surface area contributed by atoms with Gasteiger partial charge in [0.1, 0.15) is 11.9 Å². The molecule has 0 radical (unpaired) electrons. The summed E-state index contributed by atoms with van der Waals surface area (Å²) in [6.45, 7) is 7.79. The number of fused-ring (bicyclic) bond motifs is 3. The zero-order valence-electron chi connectivity index (χ0n) is 15.9. The molecular formula is C23H21NO4. The topological polar surface area (TPSA) is 65.5 Å². The molecule has 2 aromatic rings. The van der Waals surface area contributed by atoms with Crippen LogP contribution in [0.4, 0.5) is 0 Å². The van der Waals surface area contributed by atoms with Gasteiger partial charge in [-0.15, -0.1) is 0 Å². The Morgan fingerprint density at radius 2 is 2.21 bits per heavy atom. The molecule has 0 saturated carbocycles. The molecular weight excluding hydrogens is 354 g/mol. The van der Waals surface area contributed by atoms with Crippen molar-refractivity contribution in [2.75, 3.05) is 0 Å². The molecule has 1 fully saturated rings. The number of rotatable bonds is 3. The first-order valence-corrected chi connectivity index (χ1v) is 9.28. The van der Waals surface area contributed by atoms with E-state index in [-0.39, 0.29) is 18.0 Å². The van der Waals surface area contributed by atoms with Crippen molar-refractivity contribution in [3.63, 3.8) is 0 Å². The largest absolute Gasteiger partial charge is 0.453 e. The smallest absolute Gasteiger partial charge is 0.336 e. The molecule has 1 aromatic carbocycles. The zero-order chi connectivity index (χ0) is 19.8. The number of pyridine rings is 1. The van der Waals surface area contributed by atoms with Crippen LogP contribution in [-0.2, 0) is 20.7 Å². The van der Waals surface area contributed by atoms with Gasteiger partial charge in [-0.25, -0.2) is 9.59 Å². The van der Waals surface area contributed by atoms with Crippen LogP contribution in [0.1, 0.15) is 40.3 Å². The van der Waals surface area contributed by atoms with Crippen molar-refractivity contribution in [2.24, 2.45) is 5.92 Å². The predicted molar refractivity (Wildman–Crippen MR) is 105 cm³/mol. The number of aryl methyl sites for hydroxylation is 1. The maximum Gasteiger partial charge on any atom is 0.336 e. The Morgan fingerprint density at radius 1 is 1.39 bits per heavy atom. The van der Waals surface area contributed by atoms with E-state index < -0.39 is 5.97 Å². The molecule has 1 saturated heterocycles. The van der Waals surface area contributed by atoms with Gasteiger partial charge in [-0.1, -0.05) is 12.6 Å². The first-order chi connectivity index (χ1) is 13.5. The summed E-state index contributed by atoms with van der Waals surface area (Å²) in [5.41, 5.74) is 5.35. The van der Waals surface area contributed by atoms with E-state index in [2.05, 4.69) is 11.6 Å². The Labute approximate surface area is 163 Å². The minimum atomic E-state index is -0.466. The molecule has 0 unspecified atom stereocenters. The number of esters is 2. The van der Waals surface area contributed by atoms with Crippen molar-refractivity contribution >= 4 is 18.0 Å². The van der Waals surface area contributed by atoms with Gasteiger partial charge in [0.15, 0.2) is 0 Å². The Balaban J connectivity index is 1.63. The summed E-state index contributed by atoms with van der Waals surface area (Å²) in [4.78, 5) is 28.3. The molecule has 1 aliphatic carbocycles. The van der Waals surface area contributed by atoms with Crippen molar-refractivity contribution in [1.82, 2.24) is 4.98 Å². The van der Waals surface area contributed by atoms with Gasteiger partial charge in [0, 0.05) is 35.5 Å². The van der Waals surface area contributed by atoms with Gasteiger partial charge in [-0.3, -0.25) is 4.98 Å². The lowest BCUT2D eigenvalue weighted by Crippen LogP contribution is -2.21. The van der Waals surface area contributed by atoms with E-state index in [1.165, 1.54) is 11.6 Å². The van der Waals surface area contributed by atoms with Crippen LogP contribution in [0.3, 0.4) is 0 Å². The summed E-state index contributed by atoms with van der Waals surface area (Å²) in [6, 6.07) is 5.54. The molecule has 0 amide bonds. The van der Waals surface area contributed by atoms with Crippen LogP contribution in [0.5, 0.6) is 5.75 Å². The van der Waals surface area contributed by atoms with Crippen LogP contribution in [0.25, 0.3) is 6.08 Å². The van der Waals surface area contributed by atoms with E-state index in [0.717, 1.165) is 35.1 Å². The third-order valence-corrected chi connectivity index (χ3v) is 5.53. The van der Waals surface area contributed by atoms with Gasteiger partial charge in [0.25, 0.3) is 0 Å². The predicted octanol–water partition coefficient (Wildman–Crippen LogP) is 4.03. The Kier molecular flexibility index (Phi) is 4.59. The summed E-state index contributed by atoms with van der Waals surface area (Å²) in [5.74, 6) is -0.311. The summed E-state index contributed by atoms with van der Waals surface area (Å²) >= 11 is 0. The average Bonchev–Trinajstić information content (AvgIpc) is 2.98. The number of ether oxygens (including phenoxy) is 2. The molecule has 4 rings (SSSR count). The van der Waals surface area contributed by atoms with E-state index in [1.807, 2.05) is 26.0 Å². The summed E-state index contributed by atoms with van der Waals surface area (Å²) < 4.78 is 11.2.